The van der Waals surface area contributed by atoms with Crippen molar-refractivity contribution in [3.05, 3.63) is 27.5 Å². The topological polar surface area (TPSA) is 93.0 Å². The molecule has 0 saturated carbocycles. The largest absolute Gasteiger partial charge is 0.355 e. The number of hydrogen-bond acceptors (Lipinski definition) is 7. The zero-order valence-corrected chi connectivity index (χ0v) is 14.5. The summed E-state index contributed by atoms with van der Waals surface area (Å²) in [5.41, 5.74) is -0.298. The zero-order valence-electron chi connectivity index (χ0n) is 13.7. The first-order chi connectivity index (χ1) is 11.5. The zero-order chi connectivity index (χ0) is 17.1. The highest BCUT2D eigenvalue weighted by atomic mass is 32.1. The summed E-state index contributed by atoms with van der Waals surface area (Å²) in [6.45, 7) is 5.74. The number of hydrogen-bond donors (Lipinski definition) is 1. The molecule has 8 nitrogen and oxygen atoms in total. The lowest BCUT2D eigenvalue weighted by molar-refractivity contribution is -0.117. The molecule has 1 saturated heterocycles. The van der Waals surface area contributed by atoms with Crippen LogP contribution in [0.1, 0.15) is 24.8 Å². The van der Waals surface area contributed by atoms with Gasteiger partial charge in [0.2, 0.25) is 11.0 Å². The van der Waals surface area contributed by atoms with Crippen molar-refractivity contribution in [2.24, 2.45) is 5.92 Å². The molecule has 0 atom stereocenters. The van der Waals surface area contributed by atoms with Crippen LogP contribution in [-0.4, -0.2) is 39.0 Å². The maximum Gasteiger partial charge on any atom is 0.267 e. The van der Waals surface area contributed by atoms with E-state index in [0.717, 1.165) is 36.8 Å². The molecular weight excluding hydrogens is 328 g/mol. The molecule has 24 heavy (non-hydrogen) atoms. The van der Waals surface area contributed by atoms with Crippen molar-refractivity contribution in [3.8, 4) is 0 Å². The lowest BCUT2D eigenvalue weighted by Gasteiger charge is -2.31. The number of nitrogens with zero attached hydrogens (tertiary/aromatic N) is 5. The Morgan fingerprint density at radius 2 is 2.08 bits per heavy atom. The third-order valence-corrected chi connectivity index (χ3v) is 4.78. The number of aromatic nitrogens is 4. The smallest absolute Gasteiger partial charge is 0.267 e. The van der Waals surface area contributed by atoms with Crippen LogP contribution in [0.15, 0.2) is 16.9 Å². The van der Waals surface area contributed by atoms with Crippen LogP contribution in [0.2, 0.25) is 0 Å². The first kappa shape index (κ1) is 16.6. The average Bonchev–Trinajstić information content (AvgIpc) is 2.95. The second-order valence-corrected chi connectivity index (χ2v) is 7.21. The van der Waals surface area contributed by atoms with E-state index in [4.69, 9.17) is 0 Å². The Balaban J connectivity index is 1.69. The molecular formula is C15H20N6O2S. The fourth-order valence-electron chi connectivity index (χ4n) is 2.60. The van der Waals surface area contributed by atoms with E-state index in [-0.39, 0.29) is 18.0 Å². The van der Waals surface area contributed by atoms with Gasteiger partial charge in [0, 0.05) is 19.2 Å². The van der Waals surface area contributed by atoms with Crippen LogP contribution in [0.25, 0.3) is 0 Å². The Hall–Kier alpha value is -2.29. The molecule has 128 valence electrons. The molecule has 2 aromatic rings. The lowest BCUT2D eigenvalue weighted by Crippen LogP contribution is -2.36. The van der Waals surface area contributed by atoms with Gasteiger partial charge in [-0.2, -0.15) is 5.10 Å². The third kappa shape index (κ3) is 3.97. The first-order valence-electron chi connectivity index (χ1n) is 7.94. The number of amides is 1. The van der Waals surface area contributed by atoms with E-state index in [1.807, 2.05) is 6.92 Å². The molecule has 1 amide bonds. The van der Waals surface area contributed by atoms with Gasteiger partial charge in [-0.25, -0.2) is 4.68 Å². The summed E-state index contributed by atoms with van der Waals surface area (Å²) in [5, 5.41) is 15.8. The molecule has 3 rings (SSSR count). The number of carbonyl (C=O) groups is 1. The van der Waals surface area contributed by atoms with Crippen molar-refractivity contribution in [3.63, 3.8) is 0 Å². The highest BCUT2D eigenvalue weighted by Crippen LogP contribution is 2.20. The molecule has 0 aromatic carbocycles. The SMILES string of the molecule is Cc1nnc(NC(=O)Cn2nc(N3CCC(C)CC3)ccc2=O)s1. The summed E-state index contributed by atoms with van der Waals surface area (Å²) >= 11 is 1.29. The fraction of sp³-hybridized carbons (Fsp3) is 0.533. The van der Waals surface area contributed by atoms with Crippen LogP contribution in [0.5, 0.6) is 0 Å². The highest BCUT2D eigenvalue weighted by molar-refractivity contribution is 7.15. The van der Waals surface area contributed by atoms with Crippen LogP contribution in [0.4, 0.5) is 10.9 Å². The molecule has 1 aliphatic rings. The van der Waals surface area contributed by atoms with Crippen LogP contribution in [0.3, 0.4) is 0 Å². The Morgan fingerprint density at radius 1 is 1.33 bits per heavy atom. The van der Waals surface area contributed by atoms with E-state index in [2.05, 4.69) is 32.4 Å². The number of aryl methyl sites for hydroxylation is 1. The summed E-state index contributed by atoms with van der Waals surface area (Å²) in [7, 11) is 0. The molecule has 0 bridgehead atoms. The molecule has 0 unspecified atom stereocenters. The molecule has 0 aliphatic carbocycles. The number of carbonyl (C=O) groups excluding carboxylic acids is 1. The molecule has 9 heteroatoms. The summed E-state index contributed by atoms with van der Waals surface area (Å²) < 4.78 is 1.19. The summed E-state index contributed by atoms with van der Waals surface area (Å²) in [4.78, 5) is 26.2. The van der Waals surface area contributed by atoms with Gasteiger partial charge in [-0.15, -0.1) is 10.2 Å². The fourth-order valence-corrected chi connectivity index (χ4v) is 3.21. The molecule has 1 aliphatic heterocycles. The standard InChI is InChI=1S/C15H20N6O2S/c1-10-5-7-20(8-6-10)12-3-4-14(23)21(19-12)9-13(22)16-15-18-17-11(2)24-15/h3-4,10H,5-9H2,1-2H3,(H,16,18,22). The summed E-state index contributed by atoms with van der Waals surface area (Å²) in [6, 6.07) is 3.18. The van der Waals surface area contributed by atoms with Crippen molar-refractivity contribution < 1.29 is 4.79 Å². The van der Waals surface area contributed by atoms with Crippen molar-refractivity contribution in [1.29, 1.82) is 0 Å². The van der Waals surface area contributed by atoms with E-state index in [9.17, 15) is 9.59 Å². The third-order valence-electron chi connectivity index (χ3n) is 4.03. The lowest BCUT2D eigenvalue weighted by atomic mass is 9.99. The van der Waals surface area contributed by atoms with Gasteiger partial charge in [0.25, 0.3) is 5.56 Å². The molecule has 1 N–H and O–H groups in total. The molecule has 1 fully saturated rings. The number of nitrogens with one attached hydrogen (secondary N) is 1. The maximum atomic E-state index is 12.1. The molecule has 2 aromatic heterocycles. The number of anilines is 2. The normalized spacial score (nSPS) is 15.5. The number of rotatable bonds is 4. The van der Waals surface area contributed by atoms with E-state index in [0.29, 0.717) is 11.0 Å². The second-order valence-electron chi connectivity index (χ2n) is 6.03. The summed E-state index contributed by atoms with van der Waals surface area (Å²) in [6.07, 6.45) is 2.22. The van der Waals surface area contributed by atoms with Crippen LogP contribution < -0.4 is 15.8 Å². The second kappa shape index (κ2) is 7.08. The van der Waals surface area contributed by atoms with Gasteiger partial charge in [-0.1, -0.05) is 18.3 Å². The predicted octanol–water partition coefficient (Wildman–Crippen LogP) is 1.28. The quantitative estimate of drug-likeness (QED) is 0.895. The van der Waals surface area contributed by atoms with E-state index in [1.54, 1.807) is 6.07 Å². The minimum Gasteiger partial charge on any atom is -0.355 e. The minimum atomic E-state index is -0.342. The van der Waals surface area contributed by atoms with Gasteiger partial charge in [0.15, 0.2) is 0 Å². The summed E-state index contributed by atoms with van der Waals surface area (Å²) in [5.74, 6) is 1.11. The predicted molar refractivity (Wildman–Crippen MR) is 92.4 cm³/mol. The van der Waals surface area contributed by atoms with Gasteiger partial charge in [0.1, 0.15) is 17.4 Å². The van der Waals surface area contributed by atoms with Crippen LogP contribution in [0, 0.1) is 12.8 Å². The van der Waals surface area contributed by atoms with Gasteiger partial charge < -0.3 is 4.90 Å². The van der Waals surface area contributed by atoms with Gasteiger partial charge in [-0.3, -0.25) is 14.9 Å². The molecule has 0 spiro atoms. The highest BCUT2D eigenvalue weighted by Gasteiger charge is 2.18. The monoisotopic (exact) mass is 348 g/mol. The Kier molecular flexibility index (Phi) is 4.89. The van der Waals surface area contributed by atoms with Crippen molar-refractivity contribution in [1.82, 2.24) is 20.0 Å². The van der Waals surface area contributed by atoms with E-state index in [1.165, 1.54) is 22.1 Å². The van der Waals surface area contributed by atoms with E-state index >= 15 is 0 Å². The first-order valence-corrected chi connectivity index (χ1v) is 8.76. The van der Waals surface area contributed by atoms with Crippen LogP contribution >= 0.6 is 11.3 Å². The average molecular weight is 348 g/mol. The Morgan fingerprint density at radius 3 is 2.75 bits per heavy atom. The Bertz CT molecular complexity index is 778. The van der Waals surface area contributed by atoms with E-state index < -0.39 is 0 Å². The Labute approximate surface area is 143 Å². The maximum absolute atomic E-state index is 12.1. The van der Waals surface area contributed by atoms with Crippen molar-refractivity contribution >= 4 is 28.2 Å². The minimum absolute atomic E-state index is 0.143. The van der Waals surface area contributed by atoms with Gasteiger partial charge in [-0.05, 0) is 31.7 Å². The molecule has 3 heterocycles. The van der Waals surface area contributed by atoms with Crippen LogP contribution in [-0.2, 0) is 11.3 Å². The van der Waals surface area contributed by atoms with Gasteiger partial charge in [0.05, 0.1) is 0 Å². The van der Waals surface area contributed by atoms with Crippen molar-refractivity contribution in [2.45, 2.75) is 33.2 Å². The van der Waals surface area contributed by atoms with Crippen molar-refractivity contribution in [2.75, 3.05) is 23.3 Å². The molecule has 0 radical (unpaired) electrons. The number of piperidine rings is 1. The van der Waals surface area contributed by atoms with Gasteiger partial charge >= 0.3 is 0 Å².